The van der Waals surface area contributed by atoms with Gasteiger partial charge in [0.15, 0.2) is 0 Å². The van der Waals surface area contributed by atoms with Gasteiger partial charge in [0.05, 0.1) is 19.8 Å². The molecule has 0 aliphatic rings. The molecule has 3 heteroatoms. The topological polar surface area (TPSA) is 44.5 Å². The molecule has 0 aromatic rings. The Morgan fingerprint density at radius 3 is 2.69 bits per heavy atom. The van der Waals surface area contributed by atoms with E-state index in [0.717, 1.165) is 12.8 Å². The Morgan fingerprint density at radius 2 is 2.15 bits per heavy atom. The fourth-order valence-electron chi connectivity index (χ4n) is 0.892. The van der Waals surface area contributed by atoms with E-state index in [4.69, 9.17) is 15.2 Å². The molecular formula is C10H21NO2. The maximum atomic E-state index is 5.80. The first-order valence-corrected chi connectivity index (χ1v) is 4.63. The summed E-state index contributed by atoms with van der Waals surface area (Å²) >= 11 is 0. The Balaban J connectivity index is 3.19. The van der Waals surface area contributed by atoms with Gasteiger partial charge in [-0.2, -0.15) is 0 Å². The van der Waals surface area contributed by atoms with E-state index in [-0.39, 0.29) is 6.04 Å². The van der Waals surface area contributed by atoms with Crippen molar-refractivity contribution in [3.63, 3.8) is 0 Å². The van der Waals surface area contributed by atoms with Gasteiger partial charge in [0.2, 0.25) is 0 Å². The van der Waals surface area contributed by atoms with Crippen molar-refractivity contribution in [1.29, 1.82) is 0 Å². The summed E-state index contributed by atoms with van der Waals surface area (Å²) in [5.74, 6) is 0. The van der Waals surface area contributed by atoms with Gasteiger partial charge < -0.3 is 15.2 Å². The minimum absolute atomic E-state index is 0.119. The molecular weight excluding hydrogens is 166 g/mol. The molecule has 3 nitrogen and oxygen atoms in total. The number of hydrogen-bond acceptors (Lipinski definition) is 3. The van der Waals surface area contributed by atoms with E-state index in [1.54, 1.807) is 7.11 Å². The van der Waals surface area contributed by atoms with Gasteiger partial charge in [0.1, 0.15) is 0 Å². The summed E-state index contributed by atoms with van der Waals surface area (Å²) in [6.07, 6.45) is 1.93. The highest BCUT2D eigenvalue weighted by atomic mass is 16.5. The summed E-state index contributed by atoms with van der Waals surface area (Å²) in [4.78, 5) is 0. The molecule has 2 N–H and O–H groups in total. The van der Waals surface area contributed by atoms with Crippen molar-refractivity contribution in [1.82, 2.24) is 0 Å². The van der Waals surface area contributed by atoms with Crippen LogP contribution in [-0.4, -0.2) is 33.0 Å². The summed E-state index contributed by atoms with van der Waals surface area (Å²) < 4.78 is 10.1. The second-order valence-electron chi connectivity index (χ2n) is 3.32. The zero-order valence-electron chi connectivity index (χ0n) is 8.71. The third kappa shape index (κ3) is 9.53. The third-order valence-electron chi connectivity index (χ3n) is 1.71. The lowest BCUT2D eigenvalue weighted by molar-refractivity contribution is 0.0627. The van der Waals surface area contributed by atoms with Gasteiger partial charge in [0, 0.05) is 13.2 Å². The van der Waals surface area contributed by atoms with Gasteiger partial charge in [-0.1, -0.05) is 5.57 Å². The van der Waals surface area contributed by atoms with Crippen LogP contribution in [0.1, 0.15) is 19.8 Å². The number of nitrogens with two attached hydrogens (primary N) is 1. The first-order chi connectivity index (χ1) is 6.16. The standard InChI is InChI=1S/C10H21NO2/c1-9(2)4-5-10(11)8-13-7-6-12-3/h10H,1,4-8,11H2,2-3H3. The fraction of sp³-hybridized carbons (Fsp3) is 0.800. The predicted octanol–water partition coefficient (Wildman–Crippen LogP) is 1.33. The Bertz CT molecular complexity index is 137. The maximum Gasteiger partial charge on any atom is 0.0701 e. The smallest absolute Gasteiger partial charge is 0.0701 e. The molecule has 0 radical (unpaired) electrons. The van der Waals surface area contributed by atoms with Gasteiger partial charge in [-0.15, -0.1) is 6.58 Å². The van der Waals surface area contributed by atoms with Crippen molar-refractivity contribution in [2.75, 3.05) is 26.9 Å². The van der Waals surface area contributed by atoms with Crippen LogP contribution in [0.15, 0.2) is 12.2 Å². The van der Waals surface area contributed by atoms with Gasteiger partial charge in [-0.05, 0) is 19.8 Å². The van der Waals surface area contributed by atoms with Crippen LogP contribution in [-0.2, 0) is 9.47 Å². The highest BCUT2D eigenvalue weighted by Gasteiger charge is 2.01. The maximum absolute atomic E-state index is 5.80. The Kier molecular flexibility index (Phi) is 7.99. The summed E-state index contributed by atoms with van der Waals surface area (Å²) in [5, 5.41) is 0. The average molecular weight is 187 g/mol. The quantitative estimate of drug-likeness (QED) is 0.460. The molecule has 0 saturated heterocycles. The van der Waals surface area contributed by atoms with Crippen LogP contribution in [0.2, 0.25) is 0 Å². The van der Waals surface area contributed by atoms with Crippen molar-refractivity contribution in [3.8, 4) is 0 Å². The van der Waals surface area contributed by atoms with E-state index in [1.165, 1.54) is 5.57 Å². The molecule has 0 aliphatic carbocycles. The molecule has 13 heavy (non-hydrogen) atoms. The number of hydrogen-bond donors (Lipinski definition) is 1. The number of allylic oxidation sites excluding steroid dienone is 1. The lowest BCUT2D eigenvalue weighted by atomic mass is 10.1. The van der Waals surface area contributed by atoms with Crippen LogP contribution in [0.5, 0.6) is 0 Å². The molecule has 0 fully saturated rings. The first kappa shape index (κ1) is 12.6. The Labute approximate surface area is 80.9 Å². The highest BCUT2D eigenvalue weighted by Crippen LogP contribution is 2.02. The second kappa shape index (κ2) is 8.23. The molecule has 0 rings (SSSR count). The van der Waals surface area contributed by atoms with E-state index in [2.05, 4.69) is 6.58 Å². The van der Waals surface area contributed by atoms with Gasteiger partial charge in [-0.25, -0.2) is 0 Å². The minimum atomic E-state index is 0.119. The SMILES string of the molecule is C=C(C)CCC(N)COCCOC. The second-order valence-corrected chi connectivity index (χ2v) is 3.32. The molecule has 0 spiro atoms. The molecule has 0 bridgehead atoms. The lowest BCUT2D eigenvalue weighted by Crippen LogP contribution is -2.26. The number of methoxy groups -OCH3 is 1. The van der Waals surface area contributed by atoms with Gasteiger partial charge >= 0.3 is 0 Å². The van der Waals surface area contributed by atoms with Crippen molar-refractivity contribution >= 4 is 0 Å². The Hall–Kier alpha value is -0.380. The van der Waals surface area contributed by atoms with Crippen LogP contribution >= 0.6 is 0 Å². The zero-order chi connectivity index (χ0) is 10.1. The highest BCUT2D eigenvalue weighted by molar-refractivity contribution is 4.88. The number of rotatable bonds is 8. The molecule has 0 saturated carbocycles. The monoisotopic (exact) mass is 187 g/mol. The summed E-state index contributed by atoms with van der Waals surface area (Å²) in [5.41, 5.74) is 6.97. The molecule has 0 amide bonds. The molecule has 0 aromatic heterocycles. The number of ether oxygens (including phenoxy) is 2. The van der Waals surface area contributed by atoms with Crippen molar-refractivity contribution in [2.24, 2.45) is 5.73 Å². The predicted molar refractivity (Wildman–Crippen MR) is 54.7 cm³/mol. The average Bonchev–Trinajstić information content (AvgIpc) is 2.09. The third-order valence-corrected chi connectivity index (χ3v) is 1.71. The molecule has 1 unspecified atom stereocenters. The molecule has 0 heterocycles. The summed E-state index contributed by atoms with van der Waals surface area (Å²) in [7, 11) is 1.66. The van der Waals surface area contributed by atoms with Crippen LogP contribution in [0.4, 0.5) is 0 Å². The van der Waals surface area contributed by atoms with Crippen LogP contribution in [0.3, 0.4) is 0 Å². The largest absolute Gasteiger partial charge is 0.382 e. The lowest BCUT2D eigenvalue weighted by Gasteiger charge is -2.11. The van der Waals surface area contributed by atoms with Crippen molar-refractivity contribution < 1.29 is 9.47 Å². The Morgan fingerprint density at radius 1 is 1.46 bits per heavy atom. The fourth-order valence-corrected chi connectivity index (χ4v) is 0.892. The van der Waals surface area contributed by atoms with Gasteiger partial charge in [0.25, 0.3) is 0 Å². The van der Waals surface area contributed by atoms with E-state index in [0.29, 0.717) is 19.8 Å². The van der Waals surface area contributed by atoms with E-state index in [9.17, 15) is 0 Å². The van der Waals surface area contributed by atoms with Crippen LogP contribution in [0, 0.1) is 0 Å². The van der Waals surface area contributed by atoms with Crippen molar-refractivity contribution in [2.45, 2.75) is 25.8 Å². The van der Waals surface area contributed by atoms with Crippen LogP contribution < -0.4 is 5.73 Å². The molecule has 78 valence electrons. The molecule has 0 aliphatic heterocycles. The minimum Gasteiger partial charge on any atom is -0.382 e. The van der Waals surface area contributed by atoms with Gasteiger partial charge in [-0.3, -0.25) is 0 Å². The first-order valence-electron chi connectivity index (χ1n) is 4.63. The van der Waals surface area contributed by atoms with Crippen molar-refractivity contribution in [3.05, 3.63) is 12.2 Å². The normalized spacial score (nSPS) is 12.8. The van der Waals surface area contributed by atoms with E-state index < -0.39 is 0 Å². The van der Waals surface area contributed by atoms with Crippen LogP contribution in [0.25, 0.3) is 0 Å². The summed E-state index contributed by atoms with van der Waals surface area (Å²) in [6.45, 7) is 7.70. The summed E-state index contributed by atoms with van der Waals surface area (Å²) in [6, 6.07) is 0.119. The zero-order valence-corrected chi connectivity index (χ0v) is 8.71. The van der Waals surface area contributed by atoms with E-state index in [1.807, 2.05) is 6.92 Å². The molecule has 1 atom stereocenters. The molecule has 0 aromatic carbocycles. The van der Waals surface area contributed by atoms with E-state index >= 15 is 0 Å².